The lowest BCUT2D eigenvalue weighted by Crippen LogP contribution is -2.18. The molecule has 3 aromatic carbocycles. The molecule has 0 fully saturated rings. The molecule has 0 radical (unpaired) electrons. The first kappa shape index (κ1) is 23.4. The highest BCUT2D eigenvalue weighted by molar-refractivity contribution is 7.91. The molecule has 0 aliphatic carbocycles. The number of aliphatic carboxylic acids is 1. The molecule has 1 heterocycles. The van der Waals surface area contributed by atoms with Gasteiger partial charge in [-0.1, -0.05) is 48.5 Å². The zero-order chi connectivity index (χ0) is 24.3. The second-order valence-electron chi connectivity index (χ2n) is 8.44. The summed E-state index contributed by atoms with van der Waals surface area (Å²) in [6, 6.07) is 23.7. The van der Waals surface area contributed by atoms with Crippen molar-refractivity contribution in [1.29, 1.82) is 0 Å². The van der Waals surface area contributed by atoms with Gasteiger partial charge in [0.15, 0.2) is 0 Å². The second kappa shape index (κ2) is 9.61. The lowest BCUT2D eigenvalue weighted by Gasteiger charge is -2.14. The SMILES string of the molecule is CC(Cc1cc(-c2cccc(-c3ccc(C=CC(=O)O)cc3)c2)c2ncccc2c1)S(C)(=O)=O. The van der Waals surface area contributed by atoms with Crippen molar-refractivity contribution in [3.05, 3.63) is 96.2 Å². The molecule has 1 aromatic heterocycles. The van der Waals surface area contributed by atoms with Crippen LogP contribution in [0.5, 0.6) is 0 Å². The molecule has 0 saturated carbocycles. The molecule has 1 unspecified atom stereocenters. The Balaban J connectivity index is 1.75. The van der Waals surface area contributed by atoms with E-state index in [4.69, 9.17) is 5.11 Å². The molecule has 4 rings (SSSR count). The van der Waals surface area contributed by atoms with Crippen molar-refractivity contribution < 1.29 is 18.3 Å². The van der Waals surface area contributed by atoms with Crippen LogP contribution in [-0.4, -0.2) is 36.0 Å². The molecule has 0 spiro atoms. The number of nitrogens with zero attached hydrogens (tertiary/aromatic N) is 1. The van der Waals surface area contributed by atoms with Gasteiger partial charge in [-0.25, -0.2) is 13.2 Å². The Morgan fingerprint density at radius 3 is 2.41 bits per heavy atom. The molecule has 34 heavy (non-hydrogen) atoms. The van der Waals surface area contributed by atoms with E-state index in [9.17, 15) is 13.2 Å². The number of carboxylic acids is 1. The number of benzene rings is 3. The number of rotatable bonds is 7. The van der Waals surface area contributed by atoms with E-state index in [0.717, 1.165) is 50.4 Å². The van der Waals surface area contributed by atoms with Gasteiger partial charge in [0.2, 0.25) is 0 Å². The zero-order valence-corrected chi connectivity index (χ0v) is 19.8. The molecular formula is C28H25NO4S. The summed E-state index contributed by atoms with van der Waals surface area (Å²) >= 11 is 0. The quantitative estimate of drug-likeness (QED) is 0.353. The van der Waals surface area contributed by atoms with Crippen LogP contribution in [0.4, 0.5) is 0 Å². The Bertz CT molecular complexity index is 1490. The highest BCUT2D eigenvalue weighted by Crippen LogP contribution is 2.32. The number of pyridine rings is 1. The molecule has 0 bridgehead atoms. The van der Waals surface area contributed by atoms with Gasteiger partial charge in [0.05, 0.1) is 10.8 Å². The third-order valence-corrected chi connectivity index (χ3v) is 7.48. The predicted molar refractivity (Wildman–Crippen MR) is 137 cm³/mol. The van der Waals surface area contributed by atoms with E-state index in [1.165, 1.54) is 6.26 Å². The van der Waals surface area contributed by atoms with Gasteiger partial charge in [-0.15, -0.1) is 0 Å². The predicted octanol–water partition coefficient (Wildman–Crippen LogP) is 5.64. The van der Waals surface area contributed by atoms with Crippen LogP contribution in [0, 0.1) is 0 Å². The molecule has 1 atom stereocenters. The van der Waals surface area contributed by atoms with E-state index < -0.39 is 21.1 Å². The maximum Gasteiger partial charge on any atom is 0.328 e. The van der Waals surface area contributed by atoms with Gasteiger partial charge in [0.25, 0.3) is 0 Å². The first-order valence-corrected chi connectivity index (χ1v) is 12.8. The van der Waals surface area contributed by atoms with Crippen LogP contribution < -0.4 is 0 Å². The van der Waals surface area contributed by atoms with E-state index in [1.807, 2.05) is 66.7 Å². The van der Waals surface area contributed by atoms with Crippen LogP contribution in [0.1, 0.15) is 18.1 Å². The monoisotopic (exact) mass is 471 g/mol. The number of carboxylic acid groups (broad SMARTS) is 1. The standard InChI is InChI=1S/C28H25NO4S/c1-19(34(2,32)33)15-21-16-25-7-4-14-29-28(25)26(17-21)24-6-3-5-23(18-24)22-11-8-20(9-12-22)10-13-27(30)31/h3-14,16-19H,15H2,1-2H3,(H,30,31). The maximum absolute atomic E-state index is 12.0. The van der Waals surface area contributed by atoms with Crippen LogP contribution in [0.25, 0.3) is 39.2 Å². The molecule has 0 amide bonds. The molecule has 5 nitrogen and oxygen atoms in total. The Labute approximate surface area is 199 Å². The fourth-order valence-corrected chi connectivity index (χ4v) is 4.39. The molecule has 0 aliphatic heterocycles. The molecule has 1 N–H and O–H groups in total. The Morgan fingerprint density at radius 2 is 1.71 bits per heavy atom. The van der Waals surface area contributed by atoms with Crippen LogP contribution in [0.15, 0.2) is 85.1 Å². The zero-order valence-electron chi connectivity index (χ0n) is 19.0. The summed E-state index contributed by atoms with van der Waals surface area (Å²) in [5.41, 5.74) is 6.60. The molecule has 0 saturated heterocycles. The lowest BCUT2D eigenvalue weighted by molar-refractivity contribution is -0.131. The van der Waals surface area contributed by atoms with E-state index in [2.05, 4.69) is 11.1 Å². The van der Waals surface area contributed by atoms with Gasteiger partial charge in [-0.3, -0.25) is 4.98 Å². The fourth-order valence-electron chi connectivity index (χ4n) is 3.90. The van der Waals surface area contributed by atoms with Crippen LogP contribution in [-0.2, 0) is 21.1 Å². The summed E-state index contributed by atoms with van der Waals surface area (Å²) in [6.45, 7) is 1.73. The van der Waals surface area contributed by atoms with Gasteiger partial charge in [0, 0.05) is 29.5 Å². The van der Waals surface area contributed by atoms with E-state index in [1.54, 1.807) is 19.2 Å². The topological polar surface area (TPSA) is 84.3 Å². The van der Waals surface area contributed by atoms with Gasteiger partial charge in [-0.2, -0.15) is 0 Å². The van der Waals surface area contributed by atoms with Crippen molar-refractivity contribution >= 4 is 32.8 Å². The smallest absolute Gasteiger partial charge is 0.328 e. The minimum atomic E-state index is -3.14. The third-order valence-electron chi connectivity index (χ3n) is 5.85. The highest BCUT2D eigenvalue weighted by Gasteiger charge is 2.17. The number of hydrogen-bond acceptors (Lipinski definition) is 4. The van der Waals surface area contributed by atoms with Crippen LogP contribution in [0.3, 0.4) is 0 Å². The Kier molecular flexibility index (Phi) is 6.61. The average Bonchev–Trinajstić information content (AvgIpc) is 2.82. The van der Waals surface area contributed by atoms with Crippen molar-refractivity contribution in [3.8, 4) is 22.3 Å². The number of fused-ring (bicyclic) bond motifs is 1. The molecule has 4 aromatic rings. The van der Waals surface area contributed by atoms with Crippen molar-refractivity contribution in [2.24, 2.45) is 0 Å². The van der Waals surface area contributed by atoms with Gasteiger partial charge < -0.3 is 5.11 Å². The minimum Gasteiger partial charge on any atom is -0.478 e. The van der Waals surface area contributed by atoms with Gasteiger partial charge >= 0.3 is 5.97 Å². The summed E-state index contributed by atoms with van der Waals surface area (Å²) < 4.78 is 24.0. The first-order valence-electron chi connectivity index (χ1n) is 10.9. The summed E-state index contributed by atoms with van der Waals surface area (Å²) in [5, 5.41) is 9.30. The van der Waals surface area contributed by atoms with Gasteiger partial charge in [0.1, 0.15) is 9.84 Å². The molecule has 0 aliphatic rings. The van der Waals surface area contributed by atoms with E-state index in [-0.39, 0.29) is 0 Å². The normalized spacial score (nSPS) is 12.8. The van der Waals surface area contributed by atoms with Crippen LogP contribution >= 0.6 is 0 Å². The highest BCUT2D eigenvalue weighted by atomic mass is 32.2. The van der Waals surface area contributed by atoms with Crippen molar-refractivity contribution in [2.75, 3.05) is 6.26 Å². The number of carbonyl (C=O) groups is 1. The molecule has 172 valence electrons. The van der Waals surface area contributed by atoms with E-state index >= 15 is 0 Å². The maximum atomic E-state index is 12.0. The second-order valence-corrected chi connectivity index (χ2v) is 10.9. The average molecular weight is 472 g/mol. The van der Waals surface area contributed by atoms with Gasteiger partial charge in [-0.05, 0) is 71.5 Å². The minimum absolute atomic E-state index is 0.432. The Morgan fingerprint density at radius 1 is 0.971 bits per heavy atom. The number of sulfone groups is 1. The van der Waals surface area contributed by atoms with Crippen molar-refractivity contribution in [2.45, 2.75) is 18.6 Å². The summed E-state index contributed by atoms with van der Waals surface area (Å²) in [5.74, 6) is -0.981. The van der Waals surface area contributed by atoms with Crippen molar-refractivity contribution in [3.63, 3.8) is 0 Å². The lowest BCUT2D eigenvalue weighted by atomic mass is 9.94. The van der Waals surface area contributed by atoms with E-state index in [0.29, 0.717) is 6.42 Å². The summed E-state index contributed by atoms with van der Waals surface area (Å²) in [7, 11) is -3.14. The number of hydrogen-bond donors (Lipinski definition) is 1. The molecule has 6 heteroatoms. The molecular weight excluding hydrogens is 446 g/mol. The summed E-state index contributed by atoms with van der Waals surface area (Å²) in [6.07, 6.45) is 6.14. The number of aromatic nitrogens is 1. The fraction of sp³-hybridized carbons (Fsp3) is 0.143. The van der Waals surface area contributed by atoms with Crippen LogP contribution in [0.2, 0.25) is 0 Å². The third kappa shape index (κ3) is 5.41. The Hall–Kier alpha value is -3.77. The largest absolute Gasteiger partial charge is 0.478 e. The van der Waals surface area contributed by atoms with Crippen molar-refractivity contribution in [1.82, 2.24) is 4.98 Å². The first-order chi connectivity index (χ1) is 16.2. The summed E-state index contributed by atoms with van der Waals surface area (Å²) in [4.78, 5) is 15.3.